The van der Waals surface area contributed by atoms with Crippen molar-refractivity contribution in [3.63, 3.8) is 0 Å². The first-order valence-corrected chi connectivity index (χ1v) is 12.8. The number of pyridine rings is 1. The fourth-order valence-electron chi connectivity index (χ4n) is 4.60. The molecule has 2 aromatic heterocycles. The average Bonchev–Trinajstić information content (AvgIpc) is 3.20. The first kappa shape index (κ1) is 24.8. The van der Waals surface area contributed by atoms with Crippen molar-refractivity contribution in [2.24, 2.45) is 0 Å². The van der Waals surface area contributed by atoms with Crippen molar-refractivity contribution in [2.75, 3.05) is 18.1 Å². The summed E-state index contributed by atoms with van der Waals surface area (Å²) in [4.78, 5) is 33.3. The fourth-order valence-corrected chi connectivity index (χ4v) is 4.71. The Labute approximate surface area is 219 Å². The van der Waals surface area contributed by atoms with E-state index in [0.29, 0.717) is 52.1 Å². The van der Waals surface area contributed by atoms with Crippen molar-refractivity contribution >= 4 is 34.3 Å². The predicted molar refractivity (Wildman–Crippen MR) is 143 cm³/mol. The normalized spacial score (nSPS) is 14.7. The molecule has 0 spiro atoms. The zero-order valence-electron chi connectivity index (χ0n) is 20.7. The summed E-state index contributed by atoms with van der Waals surface area (Å²) >= 11 is 6.06. The number of hydrogen-bond acceptors (Lipinski definition) is 6. The Morgan fingerprint density at radius 3 is 2.59 bits per heavy atom. The van der Waals surface area contributed by atoms with Gasteiger partial charge in [-0.15, -0.1) is 0 Å². The summed E-state index contributed by atoms with van der Waals surface area (Å²) in [6.45, 7) is 5.05. The lowest BCUT2D eigenvalue weighted by Crippen LogP contribution is -2.30. The SMILES string of the molecule is CCCCCOc1ccc(C2c3c(oc4ccccc4c3=O)C(=O)N2c2ccc(Cl)cn2)cc1OCC. The molecule has 1 aliphatic rings. The summed E-state index contributed by atoms with van der Waals surface area (Å²) in [5, 5.41) is 0.846. The van der Waals surface area contributed by atoms with E-state index in [0.717, 1.165) is 19.3 Å². The second-order valence-electron chi connectivity index (χ2n) is 8.78. The van der Waals surface area contributed by atoms with Crippen LogP contribution in [0.3, 0.4) is 0 Å². The number of halogens is 1. The van der Waals surface area contributed by atoms with Crippen LogP contribution in [0.4, 0.5) is 5.82 Å². The van der Waals surface area contributed by atoms with Crippen LogP contribution in [0.5, 0.6) is 11.5 Å². The van der Waals surface area contributed by atoms with Crippen molar-refractivity contribution in [3.8, 4) is 11.5 Å². The summed E-state index contributed by atoms with van der Waals surface area (Å²) in [6.07, 6.45) is 4.59. The number of fused-ring (bicyclic) bond motifs is 2. The van der Waals surface area contributed by atoms with Crippen LogP contribution in [-0.2, 0) is 0 Å². The number of carbonyl (C=O) groups is 1. The molecule has 1 amide bonds. The lowest BCUT2D eigenvalue weighted by atomic mass is 9.98. The molecule has 8 heteroatoms. The van der Waals surface area contributed by atoms with Gasteiger partial charge in [-0.2, -0.15) is 0 Å². The predicted octanol–water partition coefficient (Wildman–Crippen LogP) is 6.56. The van der Waals surface area contributed by atoms with Crippen molar-refractivity contribution in [3.05, 3.63) is 92.9 Å². The summed E-state index contributed by atoms with van der Waals surface area (Å²) in [7, 11) is 0. The van der Waals surface area contributed by atoms with Gasteiger partial charge in [0.05, 0.1) is 35.2 Å². The third-order valence-electron chi connectivity index (χ3n) is 6.33. The Hall–Kier alpha value is -3.84. The molecule has 0 bridgehead atoms. The Kier molecular flexibility index (Phi) is 7.15. The number of nitrogens with zero attached hydrogens (tertiary/aromatic N) is 2. The van der Waals surface area contributed by atoms with E-state index in [1.54, 1.807) is 36.4 Å². The Balaban J connectivity index is 1.66. The topological polar surface area (TPSA) is 81.9 Å². The molecule has 7 nitrogen and oxygen atoms in total. The highest BCUT2D eigenvalue weighted by molar-refractivity contribution is 6.30. The number of carbonyl (C=O) groups excluding carboxylic acids is 1. The largest absolute Gasteiger partial charge is 0.490 e. The minimum atomic E-state index is -0.773. The van der Waals surface area contributed by atoms with Gasteiger partial charge in [0.15, 0.2) is 16.9 Å². The zero-order chi connectivity index (χ0) is 25.9. The van der Waals surface area contributed by atoms with Gasteiger partial charge in [0.2, 0.25) is 5.76 Å². The lowest BCUT2D eigenvalue weighted by Gasteiger charge is -2.25. The lowest BCUT2D eigenvalue weighted by molar-refractivity contribution is 0.0970. The van der Waals surface area contributed by atoms with Crippen LogP contribution in [0.1, 0.15) is 60.8 Å². The van der Waals surface area contributed by atoms with Gasteiger partial charge in [-0.1, -0.05) is 49.6 Å². The van der Waals surface area contributed by atoms with Crippen molar-refractivity contribution < 1.29 is 18.7 Å². The molecule has 0 radical (unpaired) electrons. The Morgan fingerprint density at radius 1 is 1.00 bits per heavy atom. The van der Waals surface area contributed by atoms with Crippen LogP contribution in [0.15, 0.2) is 70.0 Å². The number of aromatic nitrogens is 1. The number of amides is 1. The molecule has 1 aliphatic heterocycles. The van der Waals surface area contributed by atoms with Crippen molar-refractivity contribution in [1.82, 2.24) is 4.98 Å². The standard InChI is InChI=1S/C29H27ClN2O5/c1-3-5-8-15-36-22-13-11-18(16-23(22)35-4-2)26-25-27(33)20-9-6-7-10-21(20)37-28(25)29(34)32(26)24-14-12-19(30)17-31-24/h6-7,9-14,16-17,26H,3-5,8,15H2,1-2H3. The summed E-state index contributed by atoms with van der Waals surface area (Å²) < 4.78 is 17.9. The quantitative estimate of drug-likeness (QED) is 0.233. The summed E-state index contributed by atoms with van der Waals surface area (Å²) in [5.74, 6) is 1.07. The zero-order valence-corrected chi connectivity index (χ0v) is 21.5. The van der Waals surface area contributed by atoms with Crippen molar-refractivity contribution in [2.45, 2.75) is 39.2 Å². The third kappa shape index (κ3) is 4.67. The molecular weight excluding hydrogens is 492 g/mol. The van der Waals surface area contributed by atoms with E-state index in [1.165, 1.54) is 11.1 Å². The number of hydrogen-bond donors (Lipinski definition) is 0. The van der Waals surface area contributed by atoms with E-state index >= 15 is 0 Å². The van der Waals surface area contributed by atoms with E-state index in [1.807, 2.05) is 25.1 Å². The van der Waals surface area contributed by atoms with Crippen LogP contribution >= 0.6 is 11.6 Å². The maximum absolute atomic E-state index is 13.7. The first-order valence-electron chi connectivity index (χ1n) is 12.4. The smallest absolute Gasteiger partial charge is 0.296 e. The molecule has 2 aromatic carbocycles. The highest BCUT2D eigenvalue weighted by atomic mass is 35.5. The molecule has 190 valence electrons. The number of unbranched alkanes of at least 4 members (excludes halogenated alkanes) is 2. The molecule has 0 saturated carbocycles. The summed E-state index contributed by atoms with van der Waals surface area (Å²) in [5.41, 5.74) is 1.04. The van der Waals surface area contributed by atoms with E-state index in [9.17, 15) is 9.59 Å². The molecule has 0 fully saturated rings. The number of anilines is 1. The van der Waals surface area contributed by atoms with Crippen molar-refractivity contribution in [1.29, 1.82) is 0 Å². The highest BCUT2D eigenvalue weighted by Crippen LogP contribution is 2.43. The van der Waals surface area contributed by atoms with E-state index in [-0.39, 0.29) is 16.8 Å². The van der Waals surface area contributed by atoms with Gasteiger partial charge in [-0.05, 0) is 55.3 Å². The van der Waals surface area contributed by atoms with E-state index < -0.39 is 11.9 Å². The molecule has 3 heterocycles. The van der Waals surface area contributed by atoms with E-state index in [2.05, 4.69) is 11.9 Å². The van der Waals surface area contributed by atoms with Crippen LogP contribution < -0.4 is 19.8 Å². The van der Waals surface area contributed by atoms with Crippen LogP contribution in [0.2, 0.25) is 5.02 Å². The van der Waals surface area contributed by atoms with E-state index in [4.69, 9.17) is 25.5 Å². The van der Waals surface area contributed by atoms with Gasteiger partial charge in [0, 0.05) is 6.20 Å². The molecule has 0 N–H and O–H groups in total. The van der Waals surface area contributed by atoms with Gasteiger partial charge in [-0.25, -0.2) is 4.98 Å². The molecule has 1 atom stereocenters. The minimum Gasteiger partial charge on any atom is -0.490 e. The monoisotopic (exact) mass is 518 g/mol. The van der Waals surface area contributed by atoms with Crippen LogP contribution in [0.25, 0.3) is 11.0 Å². The fraction of sp³-hybridized carbons (Fsp3) is 0.276. The Bertz CT molecular complexity index is 1500. The van der Waals surface area contributed by atoms with Crippen LogP contribution in [0, 0.1) is 0 Å². The van der Waals surface area contributed by atoms with Crippen LogP contribution in [-0.4, -0.2) is 24.1 Å². The molecule has 4 aromatic rings. The molecule has 0 saturated heterocycles. The number of rotatable bonds is 9. The maximum atomic E-state index is 13.7. The Morgan fingerprint density at radius 2 is 1.84 bits per heavy atom. The molecule has 37 heavy (non-hydrogen) atoms. The van der Waals surface area contributed by atoms with Gasteiger partial charge in [0.1, 0.15) is 11.4 Å². The minimum absolute atomic E-state index is 0.00306. The first-order chi connectivity index (χ1) is 18.0. The maximum Gasteiger partial charge on any atom is 0.296 e. The van der Waals surface area contributed by atoms with Gasteiger partial charge in [-0.3, -0.25) is 14.5 Å². The molecule has 1 unspecified atom stereocenters. The second-order valence-corrected chi connectivity index (χ2v) is 9.21. The number of ether oxygens (including phenoxy) is 2. The molecule has 0 aliphatic carbocycles. The summed E-state index contributed by atoms with van der Waals surface area (Å²) in [6, 6.07) is 14.9. The number of benzene rings is 2. The molecular formula is C29H27ClN2O5. The number of para-hydroxylation sites is 1. The third-order valence-corrected chi connectivity index (χ3v) is 6.55. The van der Waals surface area contributed by atoms with Gasteiger partial charge in [0.25, 0.3) is 5.91 Å². The molecule has 5 rings (SSSR count). The second kappa shape index (κ2) is 10.6. The van der Waals surface area contributed by atoms with Gasteiger partial charge < -0.3 is 13.9 Å². The highest BCUT2D eigenvalue weighted by Gasteiger charge is 2.44. The average molecular weight is 519 g/mol. The van der Waals surface area contributed by atoms with Gasteiger partial charge >= 0.3 is 0 Å².